The highest BCUT2D eigenvalue weighted by Gasteiger charge is 2.10. The standard InChI is InChI=1S/C13H16BrN3/c1-10-12(9-16-17(10)8-7-15-2)11-5-3-4-6-13(11)14/h3-6,9,15H,7-8H2,1-2H3. The molecule has 0 radical (unpaired) electrons. The lowest BCUT2D eigenvalue weighted by molar-refractivity contribution is 0.572. The van der Waals surface area contributed by atoms with Crippen molar-refractivity contribution in [3.05, 3.63) is 40.6 Å². The summed E-state index contributed by atoms with van der Waals surface area (Å²) >= 11 is 3.58. The number of hydrogen-bond acceptors (Lipinski definition) is 2. The van der Waals surface area contributed by atoms with E-state index in [1.807, 2.05) is 30.1 Å². The van der Waals surface area contributed by atoms with E-state index in [1.54, 1.807) is 0 Å². The second kappa shape index (κ2) is 5.47. The molecule has 0 atom stereocenters. The van der Waals surface area contributed by atoms with Gasteiger partial charge in [0.05, 0.1) is 12.7 Å². The first-order chi connectivity index (χ1) is 8.24. The minimum atomic E-state index is 0.896. The average Bonchev–Trinajstić information content (AvgIpc) is 2.69. The van der Waals surface area contributed by atoms with Gasteiger partial charge in [-0.25, -0.2) is 0 Å². The SMILES string of the molecule is CNCCn1ncc(-c2ccccc2Br)c1C. The molecule has 0 aliphatic rings. The summed E-state index contributed by atoms with van der Waals surface area (Å²) in [5.41, 5.74) is 3.58. The van der Waals surface area contributed by atoms with Crippen LogP contribution in [0, 0.1) is 6.92 Å². The number of rotatable bonds is 4. The van der Waals surface area contributed by atoms with Crippen molar-refractivity contribution in [3.63, 3.8) is 0 Å². The maximum atomic E-state index is 4.43. The minimum Gasteiger partial charge on any atom is -0.318 e. The molecule has 4 heteroatoms. The summed E-state index contributed by atoms with van der Waals surface area (Å²) in [6.07, 6.45) is 1.94. The summed E-state index contributed by atoms with van der Waals surface area (Å²) in [6, 6.07) is 8.23. The number of likely N-dealkylation sites (N-methyl/N-ethyl adjacent to an activating group) is 1. The molecule has 0 aliphatic heterocycles. The van der Waals surface area contributed by atoms with Crippen molar-refractivity contribution in [1.82, 2.24) is 15.1 Å². The minimum absolute atomic E-state index is 0.896. The Morgan fingerprint density at radius 1 is 1.29 bits per heavy atom. The summed E-state index contributed by atoms with van der Waals surface area (Å²) in [5, 5.41) is 7.56. The highest BCUT2D eigenvalue weighted by atomic mass is 79.9. The molecule has 0 aliphatic carbocycles. The van der Waals surface area contributed by atoms with Crippen molar-refractivity contribution < 1.29 is 0 Å². The van der Waals surface area contributed by atoms with Crippen LogP contribution in [-0.4, -0.2) is 23.4 Å². The van der Waals surface area contributed by atoms with Gasteiger partial charge in [0.25, 0.3) is 0 Å². The van der Waals surface area contributed by atoms with Crippen LogP contribution in [0.1, 0.15) is 5.69 Å². The van der Waals surface area contributed by atoms with E-state index in [0.29, 0.717) is 0 Å². The molecule has 0 saturated carbocycles. The van der Waals surface area contributed by atoms with E-state index in [4.69, 9.17) is 0 Å². The highest BCUT2D eigenvalue weighted by molar-refractivity contribution is 9.10. The van der Waals surface area contributed by atoms with Gasteiger partial charge >= 0.3 is 0 Å². The third kappa shape index (κ3) is 2.58. The van der Waals surface area contributed by atoms with Gasteiger partial charge in [-0.2, -0.15) is 5.10 Å². The van der Waals surface area contributed by atoms with Crippen LogP contribution in [0.15, 0.2) is 34.9 Å². The van der Waals surface area contributed by atoms with Crippen molar-refractivity contribution in [3.8, 4) is 11.1 Å². The smallest absolute Gasteiger partial charge is 0.0571 e. The van der Waals surface area contributed by atoms with Crippen molar-refractivity contribution in [2.24, 2.45) is 0 Å². The normalized spacial score (nSPS) is 10.8. The number of hydrogen-bond donors (Lipinski definition) is 1. The maximum absolute atomic E-state index is 4.43. The first-order valence-corrected chi connectivity index (χ1v) is 6.45. The molecule has 1 aromatic heterocycles. The van der Waals surface area contributed by atoms with Crippen LogP contribution in [0.5, 0.6) is 0 Å². The highest BCUT2D eigenvalue weighted by Crippen LogP contribution is 2.29. The molecule has 0 bridgehead atoms. The zero-order chi connectivity index (χ0) is 12.3. The lowest BCUT2D eigenvalue weighted by Gasteiger charge is -2.06. The maximum Gasteiger partial charge on any atom is 0.0571 e. The van der Waals surface area contributed by atoms with Crippen molar-refractivity contribution in [2.75, 3.05) is 13.6 Å². The van der Waals surface area contributed by atoms with E-state index in [1.165, 1.54) is 16.8 Å². The average molecular weight is 294 g/mol. The first kappa shape index (κ1) is 12.3. The third-order valence-electron chi connectivity index (χ3n) is 2.84. The van der Waals surface area contributed by atoms with Crippen LogP contribution in [0.2, 0.25) is 0 Å². The number of nitrogens with zero attached hydrogens (tertiary/aromatic N) is 2. The molecule has 2 rings (SSSR count). The van der Waals surface area contributed by atoms with Gasteiger partial charge in [-0.15, -0.1) is 0 Å². The molecule has 2 aromatic rings. The van der Waals surface area contributed by atoms with Gasteiger partial charge < -0.3 is 5.32 Å². The number of aromatic nitrogens is 2. The Balaban J connectivity index is 2.34. The Kier molecular flexibility index (Phi) is 3.97. The van der Waals surface area contributed by atoms with Crippen LogP contribution in [0.4, 0.5) is 0 Å². The molecule has 0 saturated heterocycles. The predicted octanol–water partition coefficient (Wildman–Crippen LogP) is 2.84. The quantitative estimate of drug-likeness (QED) is 0.939. The van der Waals surface area contributed by atoms with E-state index < -0.39 is 0 Å². The third-order valence-corrected chi connectivity index (χ3v) is 3.53. The van der Waals surface area contributed by atoms with Crippen LogP contribution in [-0.2, 0) is 6.54 Å². The van der Waals surface area contributed by atoms with Gasteiger partial charge in [-0.1, -0.05) is 34.1 Å². The fraction of sp³-hybridized carbons (Fsp3) is 0.308. The number of nitrogens with one attached hydrogen (secondary N) is 1. The Bertz CT molecular complexity index is 505. The molecule has 0 unspecified atom stereocenters. The van der Waals surface area contributed by atoms with Gasteiger partial charge in [0.2, 0.25) is 0 Å². The van der Waals surface area contributed by atoms with Crippen molar-refractivity contribution >= 4 is 15.9 Å². The zero-order valence-electron chi connectivity index (χ0n) is 10.1. The second-order valence-corrected chi connectivity index (χ2v) is 4.80. The Morgan fingerprint density at radius 3 is 2.76 bits per heavy atom. The van der Waals surface area contributed by atoms with Gasteiger partial charge in [-0.3, -0.25) is 4.68 Å². The monoisotopic (exact) mass is 293 g/mol. The largest absolute Gasteiger partial charge is 0.318 e. The van der Waals surface area contributed by atoms with Gasteiger partial charge in [0.15, 0.2) is 0 Å². The van der Waals surface area contributed by atoms with Gasteiger partial charge in [-0.05, 0) is 25.6 Å². The Labute approximate surface area is 110 Å². The summed E-state index contributed by atoms with van der Waals surface area (Å²) in [5.74, 6) is 0. The number of halogens is 1. The molecule has 0 amide bonds. The molecule has 0 fully saturated rings. The van der Waals surface area contributed by atoms with Crippen LogP contribution in [0.25, 0.3) is 11.1 Å². The van der Waals surface area contributed by atoms with Crippen LogP contribution < -0.4 is 5.32 Å². The Morgan fingerprint density at radius 2 is 2.06 bits per heavy atom. The second-order valence-electron chi connectivity index (χ2n) is 3.95. The van der Waals surface area contributed by atoms with Gasteiger partial charge in [0.1, 0.15) is 0 Å². The summed E-state index contributed by atoms with van der Waals surface area (Å²) in [7, 11) is 1.95. The van der Waals surface area contributed by atoms with Crippen molar-refractivity contribution in [1.29, 1.82) is 0 Å². The van der Waals surface area contributed by atoms with E-state index in [-0.39, 0.29) is 0 Å². The molecular weight excluding hydrogens is 278 g/mol. The molecule has 1 heterocycles. The molecule has 17 heavy (non-hydrogen) atoms. The van der Waals surface area contributed by atoms with E-state index in [2.05, 4.69) is 45.4 Å². The fourth-order valence-electron chi connectivity index (χ4n) is 1.83. The molecule has 1 N–H and O–H groups in total. The lowest BCUT2D eigenvalue weighted by atomic mass is 10.1. The van der Waals surface area contributed by atoms with Gasteiger partial charge in [0, 0.05) is 22.3 Å². The molecule has 1 aromatic carbocycles. The molecule has 0 spiro atoms. The molecule has 3 nitrogen and oxygen atoms in total. The van der Waals surface area contributed by atoms with E-state index in [9.17, 15) is 0 Å². The first-order valence-electron chi connectivity index (χ1n) is 5.66. The van der Waals surface area contributed by atoms with Crippen LogP contribution in [0.3, 0.4) is 0 Å². The lowest BCUT2D eigenvalue weighted by Crippen LogP contribution is -2.16. The van der Waals surface area contributed by atoms with Crippen LogP contribution >= 0.6 is 15.9 Å². The topological polar surface area (TPSA) is 29.9 Å². The summed E-state index contributed by atoms with van der Waals surface area (Å²) in [6.45, 7) is 3.93. The predicted molar refractivity (Wildman–Crippen MR) is 74.0 cm³/mol. The van der Waals surface area contributed by atoms with E-state index in [0.717, 1.165) is 17.6 Å². The molecule has 90 valence electrons. The zero-order valence-corrected chi connectivity index (χ0v) is 11.7. The summed E-state index contributed by atoms with van der Waals surface area (Å²) in [4.78, 5) is 0. The van der Waals surface area contributed by atoms with Crippen molar-refractivity contribution in [2.45, 2.75) is 13.5 Å². The number of benzene rings is 1. The van der Waals surface area contributed by atoms with E-state index >= 15 is 0 Å². The summed E-state index contributed by atoms with van der Waals surface area (Å²) < 4.78 is 3.14. The fourth-order valence-corrected chi connectivity index (χ4v) is 2.33. The Hall–Kier alpha value is -1.13. The molecular formula is C13H16BrN3.